The predicted octanol–water partition coefficient (Wildman–Crippen LogP) is 3.60. The fourth-order valence-corrected chi connectivity index (χ4v) is 3.56. The Kier molecular flexibility index (Phi) is 6.30. The molecule has 0 aliphatic carbocycles. The first kappa shape index (κ1) is 17.6. The molecule has 0 fully saturated rings. The van der Waals surface area contributed by atoms with Crippen molar-refractivity contribution >= 4 is 17.7 Å². The van der Waals surface area contributed by atoms with E-state index in [1.807, 2.05) is 32.0 Å². The minimum Gasteiger partial charge on any atom is -0.389 e. The van der Waals surface area contributed by atoms with Crippen molar-refractivity contribution in [2.24, 2.45) is 0 Å². The van der Waals surface area contributed by atoms with E-state index in [0.29, 0.717) is 12.2 Å². The number of rotatable bonds is 7. The van der Waals surface area contributed by atoms with E-state index in [1.54, 1.807) is 18.7 Å². The lowest BCUT2D eigenvalue weighted by molar-refractivity contribution is 0.0948. The summed E-state index contributed by atoms with van der Waals surface area (Å²) in [6.07, 6.45) is 0.336. The van der Waals surface area contributed by atoms with Gasteiger partial charge in [-0.05, 0) is 50.6 Å². The van der Waals surface area contributed by atoms with Gasteiger partial charge in [0.1, 0.15) is 5.69 Å². The van der Waals surface area contributed by atoms with Gasteiger partial charge in [0.2, 0.25) is 0 Å². The fourth-order valence-electron chi connectivity index (χ4n) is 2.69. The maximum Gasteiger partial charge on any atom is 0.267 e. The summed E-state index contributed by atoms with van der Waals surface area (Å²) >= 11 is 1.79. The van der Waals surface area contributed by atoms with Crippen LogP contribution in [-0.2, 0) is 0 Å². The molecule has 5 heteroatoms. The second-order valence-corrected chi connectivity index (χ2v) is 6.78. The average molecular weight is 332 g/mol. The highest BCUT2D eigenvalue weighted by molar-refractivity contribution is 7.99. The van der Waals surface area contributed by atoms with Gasteiger partial charge in [-0.15, -0.1) is 11.8 Å². The summed E-state index contributed by atoms with van der Waals surface area (Å²) in [5.41, 5.74) is 3.04. The lowest BCUT2D eigenvalue weighted by atomic mass is 10.1. The molecule has 0 saturated heterocycles. The monoisotopic (exact) mass is 332 g/mol. The predicted molar refractivity (Wildman–Crippen MR) is 95.0 cm³/mol. The molecular weight excluding hydrogens is 308 g/mol. The lowest BCUT2D eigenvalue weighted by Crippen LogP contribution is -2.25. The molecule has 4 nitrogen and oxygen atoms in total. The zero-order chi connectivity index (χ0) is 16.8. The Morgan fingerprint density at radius 1 is 1.30 bits per heavy atom. The van der Waals surface area contributed by atoms with E-state index < -0.39 is 6.10 Å². The van der Waals surface area contributed by atoms with Crippen LogP contribution < -0.4 is 5.32 Å². The molecule has 3 N–H and O–H groups in total. The van der Waals surface area contributed by atoms with Crippen molar-refractivity contribution in [1.82, 2.24) is 10.3 Å². The van der Waals surface area contributed by atoms with Gasteiger partial charge in [0.25, 0.3) is 5.91 Å². The van der Waals surface area contributed by atoms with Crippen LogP contribution in [0.25, 0.3) is 0 Å². The number of aromatic amines is 1. The van der Waals surface area contributed by atoms with Crippen LogP contribution in [0.15, 0.2) is 35.2 Å². The maximum atomic E-state index is 12.3. The molecular formula is C18H24N2O2S. The number of aromatic nitrogens is 1. The second kappa shape index (κ2) is 8.22. The molecule has 1 heterocycles. The summed E-state index contributed by atoms with van der Waals surface area (Å²) in [5.74, 6) is 0.855. The molecule has 124 valence electrons. The number of aliphatic hydroxyl groups excluding tert-OH is 1. The first-order valence-electron chi connectivity index (χ1n) is 7.84. The van der Waals surface area contributed by atoms with Crippen molar-refractivity contribution in [3.63, 3.8) is 0 Å². The summed E-state index contributed by atoms with van der Waals surface area (Å²) in [6.45, 7) is 6.10. The number of H-pyrrole nitrogens is 1. The number of amides is 1. The van der Waals surface area contributed by atoms with Crippen LogP contribution in [0, 0.1) is 13.8 Å². The normalized spacial score (nSPS) is 12.2. The van der Waals surface area contributed by atoms with Crippen molar-refractivity contribution < 1.29 is 9.90 Å². The first-order chi connectivity index (χ1) is 11.0. The van der Waals surface area contributed by atoms with Crippen molar-refractivity contribution in [3.8, 4) is 0 Å². The van der Waals surface area contributed by atoms with Gasteiger partial charge in [0.15, 0.2) is 0 Å². The van der Waals surface area contributed by atoms with Crippen LogP contribution in [0.2, 0.25) is 0 Å². The molecule has 2 aromatic rings. The van der Waals surface area contributed by atoms with Crippen molar-refractivity contribution in [2.45, 2.75) is 38.2 Å². The minimum absolute atomic E-state index is 0.109. The lowest BCUT2D eigenvalue weighted by Gasteiger charge is -2.07. The first-order valence-corrected chi connectivity index (χ1v) is 8.82. The number of carbonyl (C=O) groups excluding carboxylic acids is 1. The topological polar surface area (TPSA) is 65.1 Å². The van der Waals surface area contributed by atoms with Crippen molar-refractivity contribution in [1.29, 1.82) is 0 Å². The highest BCUT2D eigenvalue weighted by Gasteiger charge is 2.19. The van der Waals surface area contributed by atoms with Gasteiger partial charge in [-0.3, -0.25) is 4.79 Å². The van der Waals surface area contributed by atoms with Gasteiger partial charge in [0.05, 0.1) is 6.10 Å². The summed E-state index contributed by atoms with van der Waals surface area (Å²) in [4.78, 5) is 16.6. The van der Waals surface area contributed by atoms with Crippen LogP contribution in [-0.4, -0.2) is 28.3 Å². The number of hydrogen-bond acceptors (Lipinski definition) is 3. The molecule has 0 aliphatic heterocycles. The summed E-state index contributed by atoms with van der Waals surface area (Å²) < 4.78 is 0. The number of thioether (sulfide) groups is 1. The van der Waals surface area contributed by atoms with Gasteiger partial charge in [-0.1, -0.05) is 18.2 Å². The van der Waals surface area contributed by atoms with Gasteiger partial charge in [-0.2, -0.15) is 0 Å². The zero-order valence-electron chi connectivity index (χ0n) is 13.8. The molecule has 1 atom stereocenters. The Morgan fingerprint density at radius 2 is 2.00 bits per heavy atom. The van der Waals surface area contributed by atoms with E-state index in [4.69, 9.17) is 0 Å². The molecule has 1 aromatic carbocycles. The highest BCUT2D eigenvalue weighted by Crippen LogP contribution is 2.24. The molecule has 0 unspecified atom stereocenters. The fraction of sp³-hybridized carbons (Fsp3) is 0.389. The third-order valence-electron chi connectivity index (χ3n) is 3.76. The standard InChI is InChI=1S/C18H24N2O2S/c1-12-16(14(3)21)13(2)20-17(12)18(22)19-10-7-11-23-15-8-5-4-6-9-15/h4-6,8-9,14,20-21H,7,10-11H2,1-3H3,(H,19,22)/t14-/m0/s1. The summed E-state index contributed by atoms with van der Waals surface area (Å²) in [6, 6.07) is 10.2. The molecule has 1 amide bonds. The number of carbonyl (C=O) groups is 1. The van der Waals surface area contributed by atoms with E-state index in [0.717, 1.165) is 29.0 Å². The van der Waals surface area contributed by atoms with Crippen LogP contribution in [0.1, 0.15) is 46.8 Å². The van der Waals surface area contributed by atoms with E-state index >= 15 is 0 Å². The molecule has 2 rings (SSSR count). The quantitative estimate of drug-likeness (QED) is 0.536. The molecule has 23 heavy (non-hydrogen) atoms. The molecule has 0 aliphatic rings. The van der Waals surface area contributed by atoms with Crippen molar-refractivity contribution in [3.05, 3.63) is 52.8 Å². The smallest absolute Gasteiger partial charge is 0.267 e. The number of benzene rings is 1. The number of hydrogen-bond donors (Lipinski definition) is 3. The van der Waals surface area contributed by atoms with Crippen LogP contribution in [0.3, 0.4) is 0 Å². The zero-order valence-corrected chi connectivity index (χ0v) is 14.7. The SMILES string of the molecule is Cc1[nH]c(C(=O)NCCCSc2ccccc2)c(C)c1[C@H](C)O. The van der Waals surface area contributed by atoms with Gasteiger partial charge in [0, 0.05) is 22.7 Å². The number of aryl methyl sites for hydroxylation is 1. The average Bonchev–Trinajstić information content (AvgIpc) is 2.82. The molecule has 1 aromatic heterocycles. The minimum atomic E-state index is -0.574. The Labute approximate surface area is 141 Å². The number of aliphatic hydroxyl groups is 1. The number of nitrogens with one attached hydrogen (secondary N) is 2. The summed E-state index contributed by atoms with van der Waals surface area (Å²) in [7, 11) is 0. The van der Waals surface area contributed by atoms with Crippen LogP contribution in [0.4, 0.5) is 0 Å². The summed E-state index contributed by atoms with van der Waals surface area (Å²) in [5, 5.41) is 12.7. The van der Waals surface area contributed by atoms with E-state index in [1.165, 1.54) is 4.90 Å². The Morgan fingerprint density at radius 3 is 2.61 bits per heavy atom. The van der Waals surface area contributed by atoms with Gasteiger partial charge >= 0.3 is 0 Å². The van der Waals surface area contributed by atoms with Crippen LogP contribution >= 0.6 is 11.8 Å². The second-order valence-electron chi connectivity index (χ2n) is 5.61. The largest absolute Gasteiger partial charge is 0.389 e. The Hall–Kier alpha value is -1.72. The maximum absolute atomic E-state index is 12.3. The van der Waals surface area contributed by atoms with E-state index in [9.17, 15) is 9.90 Å². The highest BCUT2D eigenvalue weighted by atomic mass is 32.2. The third-order valence-corrected chi connectivity index (χ3v) is 4.86. The molecule has 0 bridgehead atoms. The Balaban J connectivity index is 1.80. The van der Waals surface area contributed by atoms with Crippen LogP contribution in [0.5, 0.6) is 0 Å². The Bertz CT molecular complexity index is 651. The molecule has 0 radical (unpaired) electrons. The van der Waals surface area contributed by atoms with Gasteiger partial charge < -0.3 is 15.4 Å². The van der Waals surface area contributed by atoms with Gasteiger partial charge in [-0.25, -0.2) is 0 Å². The van der Waals surface area contributed by atoms with E-state index in [2.05, 4.69) is 22.4 Å². The molecule has 0 saturated carbocycles. The molecule has 0 spiro atoms. The van der Waals surface area contributed by atoms with Crippen molar-refractivity contribution in [2.75, 3.05) is 12.3 Å². The van der Waals surface area contributed by atoms with E-state index in [-0.39, 0.29) is 5.91 Å². The third kappa shape index (κ3) is 4.62.